The number of nitrogens with zero attached hydrogens (tertiary/aromatic N) is 4. The van der Waals surface area contributed by atoms with E-state index in [4.69, 9.17) is 19.4 Å². The average molecular weight is 637 g/mol. The van der Waals surface area contributed by atoms with Gasteiger partial charge in [-0.05, 0) is 90.0 Å². The predicted molar refractivity (Wildman–Crippen MR) is 194 cm³/mol. The van der Waals surface area contributed by atoms with E-state index < -0.39 is 0 Å². The van der Waals surface area contributed by atoms with E-state index in [0.29, 0.717) is 22.9 Å². The molecule has 5 aromatic carbocycles. The Labute approximate surface area is 286 Å². The molecule has 4 aliphatic rings. The van der Waals surface area contributed by atoms with Gasteiger partial charge in [0.05, 0.1) is 0 Å². The van der Waals surface area contributed by atoms with E-state index >= 15 is 0 Å². The van der Waals surface area contributed by atoms with Gasteiger partial charge in [0.1, 0.15) is 5.52 Å². The zero-order valence-electron chi connectivity index (χ0n) is 27.3. The summed E-state index contributed by atoms with van der Waals surface area (Å²) in [7, 11) is 0. The summed E-state index contributed by atoms with van der Waals surface area (Å²) >= 11 is 0. The summed E-state index contributed by atoms with van der Waals surface area (Å²) in [6, 6.07) is 42.6. The SMILES string of the molecule is c1ccc(-c2nc(-c3ccc(-c4ccc(-c5cccc6ncoc56)cc4)cc3)nc(-c3ccc(C45CC6CC(CC(C6)C4)C5)cc3)n2)cc1. The first-order valence-corrected chi connectivity index (χ1v) is 17.6. The summed E-state index contributed by atoms with van der Waals surface area (Å²) in [4.78, 5) is 19.3. The summed E-state index contributed by atoms with van der Waals surface area (Å²) in [6.07, 6.45) is 9.98. The third-order valence-corrected chi connectivity index (χ3v) is 11.5. The average Bonchev–Trinajstić information content (AvgIpc) is 3.64. The molecule has 0 unspecified atom stereocenters. The first-order chi connectivity index (χ1) is 24.2. The van der Waals surface area contributed by atoms with E-state index in [1.807, 2.05) is 30.3 Å². The lowest BCUT2D eigenvalue weighted by Gasteiger charge is -2.57. The van der Waals surface area contributed by atoms with Gasteiger partial charge in [-0.1, -0.05) is 115 Å². The van der Waals surface area contributed by atoms with Crippen molar-refractivity contribution in [3.63, 3.8) is 0 Å². The lowest BCUT2D eigenvalue weighted by molar-refractivity contribution is -0.00518. The van der Waals surface area contributed by atoms with Crippen molar-refractivity contribution in [1.29, 1.82) is 0 Å². The molecule has 238 valence electrons. The minimum absolute atomic E-state index is 0.375. The summed E-state index contributed by atoms with van der Waals surface area (Å²) in [5, 5.41) is 0. The molecule has 4 saturated carbocycles. The van der Waals surface area contributed by atoms with Gasteiger partial charge in [-0.25, -0.2) is 19.9 Å². The van der Waals surface area contributed by atoms with E-state index in [-0.39, 0.29) is 0 Å². The highest BCUT2D eigenvalue weighted by atomic mass is 16.3. The number of rotatable bonds is 6. The quantitative estimate of drug-likeness (QED) is 0.182. The molecule has 0 saturated heterocycles. The van der Waals surface area contributed by atoms with Crippen LogP contribution < -0.4 is 0 Å². The molecule has 4 fully saturated rings. The largest absolute Gasteiger partial charge is 0.443 e. The van der Waals surface area contributed by atoms with Gasteiger partial charge in [-0.3, -0.25) is 0 Å². The van der Waals surface area contributed by atoms with Gasteiger partial charge in [0.2, 0.25) is 0 Å². The normalized spacial score (nSPS) is 22.5. The van der Waals surface area contributed by atoms with Crippen LogP contribution in [-0.4, -0.2) is 19.9 Å². The molecule has 4 bridgehead atoms. The first-order valence-electron chi connectivity index (χ1n) is 17.6. The summed E-state index contributed by atoms with van der Waals surface area (Å²) in [5.41, 5.74) is 11.0. The number of hydrogen-bond donors (Lipinski definition) is 0. The Bertz CT molecular complexity index is 2250. The Hall–Kier alpha value is -5.42. The number of aromatic nitrogens is 4. The second-order valence-corrected chi connectivity index (χ2v) is 14.6. The van der Waals surface area contributed by atoms with Gasteiger partial charge in [0.25, 0.3) is 0 Å². The molecule has 0 atom stereocenters. The minimum Gasteiger partial charge on any atom is -0.443 e. The van der Waals surface area contributed by atoms with Crippen LogP contribution in [-0.2, 0) is 5.41 Å². The highest BCUT2D eigenvalue weighted by Crippen LogP contribution is 2.60. The van der Waals surface area contributed by atoms with Crippen LogP contribution in [0.25, 0.3) is 67.5 Å². The fraction of sp³-hybridized carbons (Fsp3) is 0.227. The van der Waals surface area contributed by atoms with Crippen molar-refractivity contribution >= 4 is 11.1 Å². The zero-order chi connectivity index (χ0) is 32.4. The van der Waals surface area contributed by atoms with Gasteiger partial charge in [0, 0.05) is 22.3 Å². The number of para-hydroxylation sites is 1. The molecule has 11 rings (SSSR count). The maximum absolute atomic E-state index is 5.67. The fourth-order valence-corrected chi connectivity index (χ4v) is 9.56. The zero-order valence-corrected chi connectivity index (χ0v) is 27.3. The van der Waals surface area contributed by atoms with Crippen LogP contribution in [0.3, 0.4) is 0 Å². The molecule has 2 heterocycles. The van der Waals surface area contributed by atoms with Crippen molar-refractivity contribution in [3.8, 4) is 56.4 Å². The van der Waals surface area contributed by atoms with Gasteiger partial charge in [-0.15, -0.1) is 0 Å². The van der Waals surface area contributed by atoms with Crippen LogP contribution in [0.5, 0.6) is 0 Å². The summed E-state index contributed by atoms with van der Waals surface area (Å²) in [5.74, 6) is 4.86. The number of oxazole rings is 1. The molecule has 0 spiro atoms. The Morgan fingerprint density at radius 3 is 1.53 bits per heavy atom. The Kier molecular flexibility index (Phi) is 6.61. The third-order valence-electron chi connectivity index (χ3n) is 11.5. The lowest BCUT2D eigenvalue weighted by Crippen LogP contribution is -2.48. The first kappa shape index (κ1) is 28.6. The molecule has 49 heavy (non-hydrogen) atoms. The molecule has 5 heteroatoms. The Morgan fingerprint density at radius 1 is 0.469 bits per heavy atom. The summed E-state index contributed by atoms with van der Waals surface area (Å²) < 4.78 is 5.67. The lowest BCUT2D eigenvalue weighted by atomic mass is 9.48. The van der Waals surface area contributed by atoms with E-state index in [0.717, 1.165) is 67.8 Å². The maximum atomic E-state index is 5.67. The van der Waals surface area contributed by atoms with E-state index in [9.17, 15) is 0 Å². The van der Waals surface area contributed by atoms with Gasteiger partial charge in [0.15, 0.2) is 29.4 Å². The van der Waals surface area contributed by atoms with Crippen molar-refractivity contribution < 1.29 is 4.42 Å². The van der Waals surface area contributed by atoms with Gasteiger partial charge in [-0.2, -0.15) is 0 Å². The van der Waals surface area contributed by atoms with Gasteiger partial charge < -0.3 is 4.42 Å². The number of benzene rings is 5. The van der Waals surface area contributed by atoms with Crippen LogP contribution in [0.2, 0.25) is 0 Å². The highest BCUT2D eigenvalue weighted by Gasteiger charge is 2.51. The monoisotopic (exact) mass is 636 g/mol. The van der Waals surface area contributed by atoms with Crippen molar-refractivity contribution in [3.05, 3.63) is 133 Å². The maximum Gasteiger partial charge on any atom is 0.182 e. The Morgan fingerprint density at radius 2 is 0.959 bits per heavy atom. The van der Waals surface area contributed by atoms with E-state index in [2.05, 4.69) is 96.0 Å². The van der Waals surface area contributed by atoms with Crippen molar-refractivity contribution in [2.45, 2.75) is 43.9 Å². The van der Waals surface area contributed by atoms with Crippen LogP contribution in [0.4, 0.5) is 0 Å². The molecule has 0 N–H and O–H groups in total. The number of hydrogen-bond acceptors (Lipinski definition) is 5. The highest BCUT2D eigenvalue weighted by molar-refractivity contribution is 5.90. The molecule has 0 aliphatic heterocycles. The van der Waals surface area contributed by atoms with Crippen molar-refractivity contribution in [2.75, 3.05) is 0 Å². The molecular formula is C44H36N4O. The third kappa shape index (κ3) is 5.07. The smallest absolute Gasteiger partial charge is 0.182 e. The number of fused-ring (bicyclic) bond motifs is 1. The standard InChI is InChI=1S/C44H36N4O/c1-2-5-34(6-3-1)41-46-42(48-43(47-41)36-17-19-37(20-18-36)44-24-28-21-29(25-44)23-30(22-28)26-44)35-15-11-32(12-16-35)31-9-13-33(14-10-31)38-7-4-8-39-40(38)49-27-45-39/h1-20,27-30H,21-26H2. The second-order valence-electron chi connectivity index (χ2n) is 14.6. The molecule has 2 aromatic heterocycles. The Balaban J connectivity index is 0.963. The van der Waals surface area contributed by atoms with E-state index in [1.165, 1.54) is 50.5 Å². The molecule has 7 aromatic rings. The fourth-order valence-electron chi connectivity index (χ4n) is 9.56. The molecule has 5 nitrogen and oxygen atoms in total. The van der Waals surface area contributed by atoms with Crippen LogP contribution in [0.15, 0.2) is 132 Å². The second kappa shape index (κ2) is 11.3. The van der Waals surface area contributed by atoms with Crippen molar-refractivity contribution in [1.82, 2.24) is 19.9 Å². The molecule has 0 amide bonds. The van der Waals surface area contributed by atoms with Crippen LogP contribution >= 0.6 is 0 Å². The van der Waals surface area contributed by atoms with Crippen LogP contribution in [0, 0.1) is 17.8 Å². The summed E-state index contributed by atoms with van der Waals surface area (Å²) in [6.45, 7) is 0. The minimum atomic E-state index is 0.375. The molecular weight excluding hydrogens is 601 g/mol. The van der Waals surface area contributed by atoms with Gasteiger partial charge >= 0.3 is 0 Å². The van der Waals surface area contributed by atoms with E-state index in [1.54, 1.807) is 0 Å². The van der Waals surface area contributed by atoms with Crippen molar-refractivity contribution in [2.24, 2.45) is 17.8 Å². The topological polar surface area (TPSA) is 64.7 Å². The van der Waals surface area contributed by atoms with Crippen LogP contribution in [0.1, 0.15) is 44.1 Å². The molecule has 4 aliphatic carbocycles. The predicted octanol–water partition coefficient (Wildman–Crippen LogP) is 10.8. The molecule has 0 radical (unpaired) electrons.